The first-order chi connectivity index (χ1) is 7.16. The van der Waals surface area contributed by atoms with E-state index in [0.717, 1.165) is 10.6 Å². The van der Waals surface area contributed by atoms with Gasteiger partial charge in [-0.25, -0.2) is 0 Å². The number of aryl methyl sites for hydroxylation is 2. The fourth-order valence-electron chi connectivity index (χ4n) is 2.23. The van der Waals surface area contributed by atoms with Crippen molar-refractivity contribution in [2.24, 2.45) is 0 Å². The van der Waals surface area contributed by atoms with Crippen LogP contribution in [0, 0.1) is 13.8 Å². The maximum Gasteiger partial charge on any atom is 0.0439 e. The van der Waals surface area contributed by atoms with E-state index in [0.29, 0.717) is 6.04 Å². The molecule has 1 aromatic carbocycles. The van der Waals surface area contributed by atoms with Crippen LogP contribution in [-0.4, -0.2) is 6.04 Å². The lowest BCUT2D eigenvalue weighted by atomic mass is 10.1. The van der Waals surface area contributed by atoms with E-state index < -0.39 is 0 Å². The molecule has 1 aliphatic carbocycles. The SMILES string of the molecule is Cc1cc(NC2CCCC2)c(C)cc1Cl. The van der Waals surface area contributed by atoms with Crippen molar-refractivity contribution >= 4 is 17.3 Å². The van der Waals surface area contributed by atoms with Gasteiger partial charge in [0.1, 0.15) is 0 Å². The molecule has 0 radical (unpaired) electrons. The molecule has 0 unspecified atom stereocenters. The van der Waals surface area contributed by atoms with E-state index in [1.807, 2.05) is 6.07 Å². The van der Waals surface area contributed by atoms with Crippen LogP contribution >= 0.6 is 11.6 Å². The van der Waals surface area contributed by atoms with Crippen molar-refractivity contribution in [2.45, 2.75) is 45.6 Å². The Balaban J connectivity index is 2.16. The predicted molar refractivity (Wildman–Crippen MR) is 66.8 cm³/mol. The van der Waals surface area contributed by atoms with Crippen molar-refractivity contribution in [3.63, 3.8) is 0 Å². The number of hydrogen-bond acceptors (Lipinski definition) is 1. The molecule has 1 N–H and O–H groups in total. The van der Waals surface area contributed by atoms with Crippen molar-refractivity contribution in [3.05, 3.63) is 28.3 Å². The first kappa shape index (κ1) is 10.8. The lowest BCUT2D eigenvalue weighted by Gasteiger charge is -2.16. The largest absolute Gasteiger partial charge is 0.382 e. The summed E-state index contributed by atoms with van der Waals surface area (Å²) in [6.07, 6.45) is 5.34. The van der Waals surface area contributed by atoms with Gasteiger partial charge in [-0.3, -0.25) is 0 Å². The molecule has 1 aliphatic rings. The highest BCUT2D eigenvalue weighted by atomic mass is 35.5. The summed E-state index contributed by atoms with van der Waals surface area (Å²) in [7, 11) is 0. The monoisotopic (exact) mass is 223 g/mol. The normalized spacial score (nSPS) is 17.0. The van der Waals surface area contributed by atoms with Gasteiger partial charge in [-0.15, -0.1) is 0 Å². The van der Waals surface area contributed by atoms with Gasteiger partial charge in [-0.1, -0.05) is 24.4 Å². The molecule has 0 amide bonds. The molecule has 0 spiro atoms. The molecule has 0 aromatic heterocycles. The number of halogens is 1. The van der Waals surface area contributed by atoms with Gasteiger partial charge in [0.2, 0.25) is 0 Å². The fraction of sp³-hybridized carbons (Fsp3) is 0.538. The molecule has 15 heavy (non-hydrogen) atoms. The third-order valence-corrected chi connectivity index (χ3v) is 3.63. The molecule has 1 saturated carbocycles. The van der Waals surface area contributed by atoms with E-state index in [1.165, 1.54) is 36.9 Å². The zero-order valence-electron chi connectivity index (χ0n) is 9.44. The molecule has 0 saturated heterocycles. The van der Waals surface area contributed by atoms with E-state index in [2.05, 4.69) is 25.2 Å². The molecule has 82 valence electrons. The number of nitrogens with one attached hydrogen (secondary N) is 1. The molecule has 1 aromatic rings. The molecular formula is C13H18ClN. The van der Waals surface area contributed by atoms with Gasteiger partial charge in [-0.05, 0) is 49.9 Å². The molecule has 0 heterocycles. The lowest BCUT2D eigenvalue weighted by Crippen LogP contribution is -2.15. The summed E-state index contributed by atoms with van der Waals surface area (Å²) in [6.45, 7) is 4.17. The topological polar surface area (TPSA) is 12.0 Å². The Labute approximate surface area is 96.8 Å². The maximum absolute atomic E-state index is 6.07. The molecule has 1 nitrogen and oxygen atoms in total. The molecule has 0 atom stereocenters. The molecule has 2 heteroatoms. The van der Waals surface area contributed by atoms with E-state index in [-0.39, 0.29) is 0 Å². The van der Waals surface area contributed by atoms with E-state index in [1.54, 1.807) is 0 Å². The highest BCUT2D eigenvalue weighted by Crippen LogP contribution is 2.28. The maximum atomic E-state index is 6.07. The average Bonchev–Trinajstić information content (AvgIpc) is 2.67. The Morgan fingerprint density at radius 3 is 2.47 bits per heavy atom. The second-order valence-electron chi connectivity index (χ2n) is 4.54. The van der Waals surface area contributed by atoms with Crippen LogP contribution < -0.4 is 5.32 Å². The molecule has 1 fully saturated rings. The van der Waals surface area contributed by atoms with Crippen LogP contribution in [0.2, 0.25) is 5.02 Å². The summed E-state index contributed by atoms with van der Waals surface area (Å²) in [5.41, 5.74) is 3.66. The predicted octanol–water partition coefficient (Wildman–Crippen LogP) is 4.31. The van der Waals surface area contributed by atoms with Gasteiger partial charge in [0.15, 0.2) is 0 Å². The minimum atomic E-state index is 0.671. The minimum Gasteiger partial charge on any atom is -0.382 e. The average molecular weight is 224 g/mol. The van der Waals surface area contributed by atoms with Crippen molar-refractivity contribution < 1.29 is 0 Å². The van der Waals surface area contributed by atoms with Crippen LogP contribution in [0.15, 0.2) is 12.1 Å². The van der Waals surface area contributed by atoms with Crippen LogP contribution in [0.5, 0.6) is 0 Å². The van der Waals surface area contributed by atoms with Gasteiger partial charge >= 0.3 is 0 Å². The Hall–Kier alpha value is -0.690. The second kappa shape index (κ2) is 4.44. The summed E-state index contributed by atoms with van der Waals surface area (Å²) >= 11 is 6.07. The number of anilines is 1. The Morgan fingerprint density at radius 2 is 1.80 bits per heavy atom. The second-order valence-corrected chi connectivity index (χ2v) is 4.95. The van der Waals surface area contributed by atoms with E-state index in [4.69, 9.17) is 11.6 Å². The van der Waals surface area contributed by atoms with Crippen LogP contribution in [0.1, 0.15) is 36.8 Å². The summed E-state index contributed by atoms with van der Waals surface area (Å²) in [5.74, 6) is 0. The summed E-state index contributed by atoms with van der Waals surface area (Å²) < 4.78 is 0. The van der Waals surface area contributed by atoms with Crippen LogP contribution in [0.4, 0.5) is 5.69 Å². The van der Waals surface area contributed by atoms with E-state index in [9.17, 15) is 0 Å². The van der Waals surface area contributed by atoms with Gasteiger partial charge in [0.25, 0.3) is 0 Å². The molecular weight excluding hydrogens is 206 g/mol. The molecule has 0 bridgehead atoms. The highest BCUT2D eigenvalue weighted by molar-refractivity contribution is 6.31. The van der Waals surface area contributed by atoms with Gasteiger partial charge in [0.05, 0.1) is 0 Å². The van der Waals surface area contributed by atoms with Crippen molar-refractivity contribution in [2.75, 3.05) is 5.32 Å². The fourth-order valence-corrected chi connectivity index (χ4v) is 2.44. The standard InChI is InChI=1S/C13H18ClN/c1-9-8-13(10(2)7-12(9)14)15-11-5-3-4-6-11/h7-8,11,15H,3-6H2,1-2H3. The first-order valence-corrected chi connectivity index (χ1v) is 6.08. The lowest BCUT2D eigenvalue weighted by molar-refractivity contribution is 0.754. The van der Waals surface area contributed by atoms with Crippen molar-refractivity contribution in [1.82, 2.24) is 0 Å². The Bertz CT molecular complexity index is 354. The zero-order valence-corrected chi connectivity index (χ0v) is 10.2. The Kier molecular flexibility index (Phi) is 3.20. The van der Waals surface area contributed by atoms with Crippen LogP contribution in [-0.2, 0) is 0 Å². The molecule has 0 aliphatic heterocycles. The highest BCUT2D eigenvalue weighted by Gasteiger charge is 2.15. The van der Waals surface area contributed by atoms with Crippen molar-refractivity contribution in [1.29, 1.82) is 0 Å². The van der Waals surface area contributed by atoms with Crippen molar-refractivity contribution in [3.8, 4) is 0 Å². The number of benzene rings is 1. The van der Waals surface area contributed by atoms with E-state index >= 15 is 0 Å². The first-order valence-electron chi connectivity index (χ1n) is 5.70. The third kappa shape index (κ3) is 2.46. The number of rotatable bonds is 2. The zero-order chi connectivity index (χ0) is 10.8. The third-order valence-electron chi connectivity index (χ3n) is 3.22. The van der Waals surface area contributed by atoms with Gasteiger partial charge in [0, 0.05) is 16.8 Å². The summed E-state index contributed by atoms with van der Waals surface area (Å²) in [6, 6.07) is 4.88. The quantitative estimate of drug-likeness (QED) is 0.788. The Morgan fingerprint density at radius 1 is 1.13 bits per heavy atom. The molecule has 2 rings (SSSR count). The number of hydrogen-bond donors (Lipinski definition) is 1. The summed E-state index contributed by atoms with van der Waals surface area (Å²) in [5, 5.41) is 4.48. The summed E-state index contributed by atoms with van der Waals surface area (Å²) in [4.78, 5) is 0. The van der Waals surface area contributed by atoms with Gasteiger partial charge in [-0.2, -0.15) is 0 Å². The smallest absolute Gasteiger partial charge is 0.0439 e. The van der Waals surface area contributed by atoms with Crippen LogP contribution in [0.3, 0.4) is 0 Å². The minimum absolute atomic E-state index is 0.671. The van der Waals surface area contributed by atoms with Crippen LogP contribution in [0.25, 0.3) is 0 Å². The van der Waals surface area contributed by atoms with Gasteiger partial charge < -0.3 is 5.32 Å².